The molecule has 0 heterocycles. The smallest absolute Gasteiger partial charge is 0.303 e. The van der Waals surface area contributed by atoms with Gasteiger partial charge in [-0.1, -0.05) is 30.7 Å². The molecule has 0 bridgehead atoms. The van der Waals surface area contributed by atoms with E-state index in [2.05, 4.69) is 32.9 Å². The van der Waals surface area contributed by atoms with Crippen LogP contribution in [0.25, 0.3) is 0 Å². The van der Waals surface area contributed by atoms with Gasteiger partial charge in [-0.15, -0.1) is 0 Å². The SMILES string of the molecule is CC(=O)OC1CC([C@H](C)CCC=C(C)C)C=CC1(C)O. The summed E-state index contributed by atoms with van der Waals surface area (Å²) in [6.45, 7) is 9.53. The van der Waals surface area contributed by atoms with Crippen molar-refractivity contribution in [2.75, 3.05) is 0 Å². The summed E-state index contributed by atoms with van der Waals surface area (Å²) in [5.41, 5.74) is 0.291. The van der Waals surface area contributed by atoms with Crippen molar-refractivity contribution in [2.45, 2.75) is 65.6 Å². The van der Waals surface area contributed by atoms with Gasteiger partial charge in [-0.25, -0.2) is 0 Å². The lowest BCUT2D eigenvalue weighted by Crippen LogP contribution is -2.44. The lowest BCUT2D eigenvalue weighted by molar-refractivity contribution is -0.159. The van der Waals surface area contributed by atoms with Gasteiger partial charge in [0.15, 0.2) is 0 Å². The molecule has 4 atom stereocenters. The number of aliphatic hydroxyl groups is 1. The topological polar surface area (TPSA) is 46.5 Å². The Morgan fingerprint density at radius 2 is 2.15 bits per heavy atom. The predicted molar refractivity (Wildman–Crippen MR) is 81.3 cm³/mol. The van der Waals surface area contributed by atoms with Crippen molar-refractivity contribution in [3.8, 4) is 0 Å². The number of rotatable bonds is 5. The van der Waals surface area contributed by atoms with E-state index in [-0.39, 0.29) is 5.97 Å². The predicted octanol–water partition coefficient (Wildman–Crippen LogP) is 3.63. The molecule has 3 unspecified atom stereocenters. The molecule has 0 aromatic heterocycles. The van der Waals surface area contributed by atoms with E-state index in [0.717, 1.165) is 12.8 Å². The van der Waals surface area contributed by atoms with Crippen LogP contribution in [0.5, 0.6) is 0 Å². The first-order valence-corrected chi connectivity index (χ1v) is 7.44. The van der Waals surface area contributed by atoms with Crippen LogP contribution in [0.1, 0.15) is 53.9 Å². The van der Waals surface area contributed by atoms with Crippen LogP contribution in [-0.2, 0) is 9.53 Å². The number of hydrogen-bond acceptors (Lipinski definition) is 3. The molecule has 1 aliphatic carbocycles. The van der Waals surface area contributed by atoms with E-state index in [9.17, 15) is 9.90 Å². The molecule has 3 nitrogen and oxygen atoms in total. The van der Waals surface area contributed by atoms with Gasteiger partial charge in [-0.05, 0) is 51.9 Å². The summed E-state index contributed by atoms with van der Waals surface area (Å²) in [5, 5.41) is 10.3. The molecule has 0 spiro atoms. The van der Waals surface area contributed by atoms with Crippen LogP contribution in [0.3, 0.4) is 0 Å². The number of hydrogen-bond donors (Lipinski definition) is 1. The average molecular weight is 280 g/mol. The van der Waals surface area contributed by atoms with E-state index in [0.29, 0.717) is 18.3 Å². The van der Waals surface area contributed by atoms with Gasteiger partial charge in [-0.2, -0.15) is 0 Å². The first kappa shape index (κ1) is 17.0. The number of esters is 1. The fourth-order valence-corrected chi connectivity index (χ4v) is 2.63. The second-order valence-electron chi connectivity index (χ2n) is 6.42. The zero-order valence-electron chi connectivity index (χ0n) is 13.3. The molecule has 1 aliphatic rings. The van der Waals surface area contributed by atoms with Crippen LogP contribution in [-0.4, -0.2) is 22.8 Å². The van der Waals surface area contributed by atoms with Crippen LogP contribution in [0.4, 0.5) is 0 Å². The zero-order chi connectivity index (χ0) is 15.3. The monoisotopic (exact) mass is 280 g/mol. The van der Waals surface area contributed by atoms with Gasteiger partial charge in [0.2, 0.25) is 0 Å². The highest BCUT2D eigenvalue weighted by Crippen LogP contribution is 2.34. The minimum atomic E-state index is -1.05. The van der Waals surface area contributed by atoms with Gasteiger partial charge in [0, 0.05) is 6.92 Å². The highest BCUT2D eigenvalue weighted by Gasteiger charge is 2.38. The van der Waals surface area contributed by atoms with Crippen molar-refractivity contribution in [3.63, 3.8) is 0 Å². The highest BCUT2D eigenvalue weighted by molar-refractivity contribution is 5.66. The van der Waals surface area contributed by atoms with Crippen molar-refractivity contribution in [2.24, 2.45) is 11.8 Å². The lowest BCUT2D eigenvalue weighted by Gasteiger charge is -2.37. The van der Waals surface area contributed by atoms with E-state index in [1.54, 1.807) is 13.0 Å². The number of carbonyl (C=O) groups excluding carboxylic acids is 1. The van der Waals surface area contributed by atoms with E-state index in [4.69, 9.17) is 4.74 Å². The number of carbonyl (C=O) groups is 1. The third kappa shape index (κ3) is 5.12. The van der Waals surface area contributed by atoms with Crippen LogP contribution in [0.2, 0.25) is 0 Å². The Balaban J connectivity index is 2.64. The van der Waals surface area contributed by atoms with Crippen molar-refractivity contribution in [3.05, 3.63) is 23.8 Å². The van der Waals surface area contributed by atoms with Crippen molar-refractivity contribution >= 4 is 5.97 Å². The molecule has 1 rings (SSSR count). The molecule has 0 saturated carbocycles. The molecule has 0 aromatic rings. The van der Waals surface area contributed by atoms with E-state index >= 15 is 0 Å². The van der Waals surface area contributed by atoms with Gasteiger partial charge in [0.25, 0.3) is 0 Å². The molecular formula is C17H28O3. The summed E-state index contributed by atoms with van der Waals surface area (Å²) in [6, 6.07) is 0. The van der Waals surface area contributed by atoms with E-state index < -0.39 is 11.7 Å². The van der Waals surface area contributed by atoms with E-state index in [1.165, 1.54) is 12.5 Å². The minimum absolute atomic E-state index is 0.332. The molecule has 0 aliphatic heterocycles. The molecule has 1 N–H and O–H groups in total. The highest BCUT2D eigenvalue weighted by atomic mass is 16.6. The Labute approximate surface area is 122 Å². The fraction of sp³-hybridized carbons (Fsp3) is 0.706. The zero-order valence-corrected chi connectivity index (χ0v) is 13.3. The number of ether oxygens (including phenoxy) is 1. The molecule has 0 fully saturated rings. The summed E-state index contributed by atoms with van der Waals surface area (Å²) in [7, 11) is 0. The van der Waals surface area contributed by atoms with Gasteiger partial charge in [0.05, 0.1) is 0 Å². The second-order valence-corrected chi connectivity index (χ2v) is 6.42. The lowest BCUT2D eigenvalue weighted by atomic mass is 9.77. The fourth-order valence-electron chi connectivity index (χ4n) is 2.63. The van der Waals surface area contributed by atoms with Gasteiger partial charge < -0.3 is 9.84 Å². The molecule has 0 saturated heterocycles. The second kappa shape index (κ2) is 7.07. The van der Waals surface area contributed by atoms with Crippen molar-refractivity contribution in [1.29, 1.82) is 0 Å². The first-order chi connectivity index (χ1) is 9.22. The molecule has 0 amide bonds. The third-order valence-corrected chi connectivity index (χ3v) is 4.03. The summed E-state index contributed by atoms with van der Waals surface area (Å²) < 4.78 is 5.28. The summed E-state index contributed by atoms with van der Waals surface area (Å²) in [4.78, 5) is 11.2. The molecule has 20 heavy (non-hydrogen) atoms. The molecule has 0 radical (unpaired) electrons. The Kier molecular flexibility index (Phi) is 6.00. The van der Waals surface area contributed by atoms with E-state index in [1.807, 2.05) is 0 Å². The molecular weight excluding hydrogens is 252 g/mol. The normalized spacial score (nSPS) is 30.7. The maximum absolute atomic E-state index is 11.2. The average Bonchev–Trinajstić information content (AvgIpc) is 2.30. The van der Waals surface area contributed by atoms with Crippen molar-refractivity contribution in [1.82, 2.24) is 0 Å². The molecule has 3 heteroatoms. The van der Waals surface area contributed by atoms with Gasteiger partial charge in [-0.3, -0.25) is 4.79 Å². The Morgan fingerprint density at radius 1 is 1.50 bits per heavy atom. The Hall–Kier alpha value is -1.09. The van der Waals surface area contributed by atoms with Gasteiger partial charge >= 0.3 is 5.97 Å². The Morgan fingerprint density at radius 3 is 2.70 bits per heavy atom. The minimum Gasteiger partial charge on any atom is -0.459 e. The summed E-state index contributed by atoms with van der Waals surface area (Å²) in [5.74, 6) is 0.530. The largest absolute Gasteiger partial charge is 0.459 e. The summed E-state index contributed by atoms with van der Waals surface area (Å²) in [6.07, 6.45) is 8.54. The van der Waals surface area contributed by atoms with Crippen LogP contribution < -0.4 is 0 Å². The molecule has 114 valence electrons. The quantitative estimate of drug-likeness (QED) is 0.618. The maximum Gasteiger partial charge on any atom is 0.303 e. The van der Waals surface area contributed by atoms with Crippen LogP contribution in [0.15, 0.2) is 23.8 Å². The standard InChI is InChI=1S/C17H28O3/c1-12(2)7-6-8-13(3)15-9-10-17(5,19)16(11-15)20-14(4)18/h7,9-10,13,15-16,19H,6,8,11H2,1-5H3/t13-,15?,16?,17?/m1/s1. The number of allylic oxidation sites excluding steroid dienone is 3. The van der Waals surface area contributed by atoms with Crippen molar-refractivity contribution < 1.29 is 14.6 Å². The molecule has 0 aromatic carbocycles. The summed E-state index contributed by atoms with van der Waals surface area (Å²) >= 11 is 0. The Bertz CT molecular complexity index is 389. The van der Waals surface area contributed by atoms with Gasteiger partial charge in [0.1, 0.15) is 11.7 Å². The first-order valence-electron chi connectivity index (χ1n) is 7.44. The van der Waals surface area contributed by atoms with Crippen LogP contribution >= 0.6 is 0 Å². The third-order valence-electron chi connectivity index (χ3n) is 4.03. The van der Waals surface area contributed by atoms with Crippen LogP contribution in [0, 0.1) is 11.8 Å². The maximum atomic E-state index is 11.2.